The van der Waals surface area contributed by atoms with Crippen molar-refractivity contribution in [1.82, 2.24) is 0 Å². The molecule has 3 aromatic carbocycles. The first kappa shape index (κ1) is 21.6. The van der Waals surface area contributed by atoms with Crippen molar-refractivity contribution in [2.24, 2.45) is 5.41 Å². The monoisotopic (exact) mass is 436 g/mol. The zero-order valence-corrected chi connectivity index (χ0v) is 19.9. The van der Waals surface area contributed by atoms with E-state index in [1.54, 1.807) is 0 Å². The molecule has 1 aliphatic heterocycles. The molecule has 1 aliphatic carbocycles. The smallest absolute Gasteiger partial charge is 0.134 e. The lowest BCUT2D eigenvalue weighted by molar-refractivity contribution is 0.304. The Labute approximate surface area is 197 Å². The highest BCUT2D eigenvalue weighted by atomic mass is 16.5. The lowest BCUT2D eigenvalue weighted by atomic mass is 9.78. The normalized spacial score (nSPS) is 15.8. The molecule has 0 fully saturated rings. The summed E-state index contributed by atoms with van der Waals surface area (Å²) in [6.45, 7) is 7.88. The molecule has 33 heavy (non-hydrogen) atoms. The zero-order valence-electron chi connectivity index (χ0n) is 19.9. The molecule has 0 spiro atoms. The molecule has 0 amide bonds. The summed E-state index contributed by atoms with van der Waals surface area (Å²) in [5.74, 6) is 1.94. The van der Waals surface area contributed by atoms with Gasteiger partial charge in [0.05, 0.1) is 0 Å². The quantitative estimate of drug-likeness (QED) is 0.393. The summed E-state index contributed by atoms with van der Waals surface area (Å²) in [6.07, 6.45) is 10.0. The predicted octanol–water partition coefficient (Wildman–Crippen LogP) is 7.75. The molecule has 0 radical (unpaired) electrons. The molecule has 0 atom stereocenters. The van der Waals surface area contributed by atoms with Crippen LogP contribution in [0.3, 0.4) is 0 Å². The van der Waals surface area contributed by atoms with Gasteiger partial charge in [0, 0.05) is 22.3 Å². The van der Waals surface area contributed by atoms with E-state index in [0.29, 0.717) is 13.2 Å². The molecular weight excluding hydrogens is 404 g/mol. The van der Waals surface area contributed by atoms with E-state index in [2.05, 4.69) is 93.6 Å². The Morgan fingerprint density at radius 1 is 0.970 bits per heavy atom. The molecule has 3 aromatic rings. The van der Waals surface area contributed by atoms with Crippen molar-refractivity contribution < 1.29 is 9.47 Å². The maximum Gasteiger partial charge on any atom is 0.134 e. The molecule has 0 unspecified atom stereocenters. The average Bonchev–Trinajstić information content (AvgIpc) is 2.82. The topological polar surface area (TPSA) is 18.5 Å². The molecule has 0 bridgehead atoms. The lowest BCUT2D eigenvalue weighted by Gasteiger charge is -2.29. The number of aryl methyl sites for hydroxylation is 1. The summed E-state index contributed by atoms with van der Waals surface area (Å²) in [7, 11) is 0. The van der Waals surface area contributed by atoms with Crippen LogP contribution in [0.4, 0.5) is 0 Å². The fourth-order valence-electron chi connectivity index (χ4n) is 4.79. The van der Waals surface area contributed by atoms with E-state index in [-0.39, 0.29) is 5.41 Å². The van der Waals surface area contributed by atoms with Crippen molar-refractivity contribution in [2.45, 2.75) is 46.6 Å². The van der Waals surface area contributed by atoms with Gasteiger partial charge in [0.15, 0.2) is 0 Å². The minimum absolute atomic E-state index is 0.197. The minimum Gasteiger partial charge on any atom is -0.488 e. The number of rotatable bonds is 6. The Hall–Kier alpha value is -3.26. The molecule has 0 saturated carbocycles. The summed E-state index contributed by atoms with van der Waals surface area (Å²) >= 11 is 0. The van der Waals surface area contributed by atoms with Gasteiger partial charge in [0.2, 0.25) is 0 Å². The van der Waals surface area contributed by atoms with Crippen LogP contribution in [0.5, 0.6) is 11.5 Å². The summed E-state index contributed by atoms with van der Waals surface area (Å²) in [4.78, 5) is 0. The number of hydrogen-bond donors (Lipinski definition) is 0. The minimum atomic E-state index is 0.197. The van der Waals surface area contributed by atoms with Crippen molar-refractivity contribution >= 4 is 17.7 Å². The first-order valence-electron chi connectivity index (χ1n) is 12.0. The van der Waals surface area contributed by atoms with E-state index < -0.39 is 0 Å². The van der Waals surface area contributed by atoms with Crippen LogP contribution in [0.25, 0.3) is 17.7 Å². The summed E-state index contributed by atoms with van der Waals surface area (Å²) < 4.78 is 12.7. The van der Waals surface area contributed by atoms with Gasteiger partial charge in [-0.1, -0.05) is 93.9 Å². The fraction of sp³-hybridized carbons (Fsp3) is 0.290. The van der Waals surface area contributed by atoms with Crippen LogP contribution in [0.2, 0.25) is 0 Å². The predicted molar refractivity (Wildman–Crippen MR) is 138 cm³/mol. The Balaban J connectivity index is 1.48. The van der Waals surface area contributed by atoms with Gasteiger partial charge in [0.1, 0.15) is 24.7 Å². The largest absolute Gasteiger partial charge is 0.488 e. The van der Waals surface area contributed by atoms with E-state index in [0.717, 1.165) is 47.5 Å². The molecule has 0 N–H and O–H groups in total. The van der Waals surface area contributed by atoms with Gasteiger partial charge in [-0.25, -0.2) is 0 Å². The van der Waals surface area contributed by atoms with Crippen molar-refractivity contribution in [3.05, 3.63) is 100 Å². The second-order valence-corrected chi connectivity index (χ2v) is 9.87. The summed E-state index contributed by atoms with van der Waals surface area (Å²) in [5.41, 5.74) is 8.71. The Bertz CT molecular complexity index is 1220. The van der Waals surface area contributed by atoms with E-state index >= 15 is 0 Å². The summed E-state index contributed by atoms with van der Waals surface area (Å²) in [5, 5.41) is 0. The average molecular weight is 437 g/mol. The molecule has 1 heterocycles. The maximum absolute atomic E-state index is 6.38. The van der Waals surface area contributed by atoms with Crippen LogP contribution in [0.15, 0.2) is 66.7 Å². The van der Waals surface area contributed by atoms with Crippen molar-refractivity contribution in [1.29, 1.82) is 0 Å². The molecule has 168 valence electrons. The van der Waals surface area contributed by atoms with Crippen LogP contribution < -0.4 is 9.47 Å². The van der Waals surface area contributed by atoms with E-state index in [9.17, 15) is 0 Å². The number of benzene rings is 3. The number of fused-ring (bicyclic) bond motifs is 3. The number of hydrogen-bond acceptors (Lipinski definition) is 2. The van der Waals surface area contributed by atoms with Crippen LogP contribution in [-0.2, 0) is 19.4 Å². The second-order valence-electron chi connectivity index (χ2n) is 9.87. The molecule has 5 rings (SSSR count). The first-order chi connectivity index (χ1) is 16.0. The fourth-order valence-corrected chi connectivity index (χ4v) is 4.79. The standard InChI is InChI=1S/C31H32O2/c1-4-8-22-11-14-27(29(17-22)32-20-23-9-6-5-7-10-23)26-18-24-12-13-25-19-31(2,3)16-15-28(25)30(24)33-21-26/h5-7,9-18H,4,8,19-21H2,1-3H3. The second kappa shape index (κ2) is 8.94. The van der Waals surface area contributed by atoms with E-state index in [1.165, 1.54) is 22.3 Å². The van der Waals surface area contributed by atoms with Crippen LogP contribution in [0.1, 0.15) is 60.6 Å². The Kier molecular flexibility index (Phi) is 5.85. The highest BCUT2D eigenvalue weighted by Gasteiger charge is 2.26. The molecule has 2 aliphatic rings. The van der Waals surface area contributed by atoms with Crippen molar-refractivity contribution in [2.75, 3.05) is 6.61 Å². The zero-order chi connectivity index (χ0) is 22.8. The number of ether oxygens (including phenoxy) is 2. The van der Waals surface area contributed by atoms with Gasteiger partial charge in [-0.2, -0.15) is 0 Å². The van der Waals surface area contributed by atoms with Crippen molar-refractivity contribution in [3.8, 4) is 11.5 Å². The lowest BCUT2D eigenvalue weighted by Crippen LogP contribution is -2.17. The first-order valence-corrected chi connectivity index (χ1v) is 12.0. The highest BCUT2D eigenvalue weighted by molar-refractivity contribution is 5.89. The number of allylic oxidation sites excluding steroid dienone is 1. The molecular formula is C31H32O2. The van der Waals surface area contributed by atoms with Crippen molar-refractivity contribution in [3.63, 3.8) is 0 Å². The van der Waals surface area contributed by atoms with Gasteiger partial charge < -0.3 is 9.47 Å². The van der Waals surface area contributed by atoms with Gasteiger partial charge in [0.25, 0.3) is 0 Å². The van der Waals surface area contributed by atoms with Gasteiger partial charge in [-0.05, 0) is 47.1 Å². The van der Waals surface area contributed by atoms with Crippen LogP contribution in [0, 0.1) is 5.41 Å². The Morgan fingerprint density at radius 2 is 1.82 bits per heavy atom. The Morgan fingerprint density at radius 3 is 2.64 bits per heavy atom. The molecule has 0 aromatic heterocycles. The molecule has 2 heteroatoms. The summed E-state index contributed by atoms with van der Waals surface area (Å²) in [6, 6.07) is 21.4. The molecule has 2 nitrogen and oxygen atoms in total. The SMILES string of the molecule is CCCc1ccc(C2=Cc3ccc4c(c3OC2)C=CC(C)(C)C4)c(OCc2ccccc2)c1. The third kappa shape index (κ3) is 4.61. The third-order valence-electron chi connectivity index (χ3n) is 6.53. The van der Waals surface area contributed by atoms with E-state index in [4.69, 9.17) is 9.47 Å². The van der Waals surface area contributed by atoms with Gasteiger partial charge in [-0.15, -0.1) is 0 Å². The van der Waals surface area contributed by atoms with Gasteiger partial charge >= 0.3 is 0 Å². The highest BCUT2D eigenvalue weighted by Crippen LogP contribution is 2.42. The third-order valence-corrected chi connectivity index (χ3v) is 6.53. The van der Waals surface area contributed by atoms with E-state index in [1.807, 2.05) is 6.07 Å². The van der Waals surface area contributed by atoms with Crippen LogP contribution >= 0.6 is 0 Å². The molecule has 0 saturated heterocycles. The maximum atomic E-state index is 6.38. The van der Waals surface area contributed by atoms with Crippen LogP contribution in [-0.4, -0.2) is 6.61 Å². The van der Waals surface area contributed by atoms with Gasteiger partial charge in [-0.3, -0.25) is 0 Å².